The van der Waals surface area contributed by atoms with Crippen LogP contribution in [0.15, 0.2) is 48.5 Å². The van der Waals surface area contributed by atoms with Crippen LogP contribution in [0, 0.1) is 5.82 Å². The molecule has 0 fully saturated rings. The Morgan fingerprint density at radius 3 is 2.60 bits per heavy atom. The molecule has 0 aromatic heterocycles. The van der Waals surface area contributed by atoms with Gasteiger partial charge < -0.3 is 10.4 Å². The van der Waals surface area contributed by atoms with Crippen molar-refractivity contribution in [2.24, 2.45) is 0 Å². The molecule has 104 valence electrons. The van der Waals surface area contributed by atoms with Crippen LogP contribution < -0.4 is 5.32 Å². The number of carboxylic acids is 1. The van der Waals surface area contributed by atoms with E-state index in [9.17, 15) is 14.3 Å². The molecule has 2 N–H and O–H groups in total. The maximum atomic E-state index is 13.6. The van der Waals surface area contributed by atoms with E-state index in [1.165, 1.54) is 18.2 Å². The van der Waals surface area contributed by atoms with Gasteiger partial charge in [0.05, 0.1) is 11.6 Å². The second kappa shape index (κ2) is 6.39. The third kappa shape index (κ3) is 3.48. The number of aliphatic carboxylic acids is 1. The summed E-state index contributed by atoms with van der Waals surface area (Å²) in [6, 6.07) is 12.9. The lowest BCUT2D eigenvalue weighted by Gasteiger charge is -2.15. The Balaban J connectivity index is 2.14. The van der Waals surface area contributed by atoms with Crippen molar-refractivity contribution < 1.29 is 14.3 Å². The van der Waals surface area contributed by atoms with Crippen molar-refractivity contribution in [3.8, 4) is 0 Å². The lowest BCUT2D eigenvalue weighted by molar-refractivity contribution is -0.138. The lowest BCUT2D eigenvalue weighted by atomic mass is 9.99. The summed E-state index contributed by atoms with van der Waals surface area (Å²) in [6.07, 6.45) is 0. The van der Waals surface area contributed by atoms with Gasteiger partial charge in [0.2, 0.25) is 0 Å². The Labute approximate surface area is 121 Å². The van der Waals surface area contributed by atoms with Crippen LogP contribution in [0.1, 0.15) is 11.5 Å². The number of hydrogen-bond acceptors (Lipinski definition) is 2. The predicted molar refractivity (Wildman–Crippen MR) is 76.7 cm³/mol. The number of benzene rings is 2. The van der Waals surface area contributed by atoms with E-state index >= 15 is 0 Å². The molecule has 1 atom stereocenters. The minimum absolute atomic E-state index is 0.0800. The standard InChI is InChI=1S/C15H13ClFNO2/c16-11-6-7-13(17)14(8-11)18-9-12(15(19)20)10-4-2-1-3-5-10/h1-8,12,18H,9H2,(H,19,20). The second-order valence-corrected chi connectivity index (χ2v) is 4.74. The van der Waals surface area contributed by atoms with Crippen molar-refractivity contribution in [3.63, 3.8) is 0 Å². The summed E-state index contributed by atoms with van der Waals surface area (Å²) in [5.74, 6) is -2.19. The molecule has 0 radical (unpaired) electrons. The quantitative estimate of drug-likeness (QED) is 0.882. The van der Waals surface area contributed by atoms with Crippen LogP contribution in [0.2, 0.25) is 5.02 Å². The SMILES string of the molecule is O=C(O)C(CNc1cc(Cl)ccc1F)c1ccccc1. The van der Waals surface area contributed by atoms with Crippen molar-refractivity contribution in [2.45, 2.75) is 5.92 Å². The molecule has 1 unspecified atom stereocenters. The Hall–Kier alpha value is -2.07. The van der Waals surface area contributed by atoms with Gasteiger partial charge in [-0.3, -0.25) is 4.79 Å². The largest absolute Gasteiger partial charge is 0.481 e. The first-order valence-electron chi connectivity index (χ1n) is 6.04. The number of anilines is 1. The maximum absolute atomic E-state index is 13.6. The fourth-order valence-electron chi connectivity index (χ4n) is 1.88. The molecule has 0 spiro atoms. The summed E-state index contributed by atoms with van der Waals surface area (Å²) >= 11 is 5.79. The molecule has 2 rings (SSSR count). The average Bonchev–Trinajstić information content (AvgIpc) is 2.43. The molecule has 2 aromatic rings. The molecule has 3 nitrogen and oxygen atoms in total. The van der Waals surface area contributed by atoms with Gasteiger partial charge >= 0.3 is 5.97 Å². The van der Waals surface area contributed by atoms with Gasteiger partial charge in [0.15, 0.2) is 0 Å². The second-order valence-electron chi connectivity index (χ2n) is 4.31. The van der Waals surface area contributed by atoms with Crippen molar-refractivity contribution in [1.82, 2.24) is 0 Å². The van der Waals surface area contributed by atoms with Gasteiger partial charge in [0.25, 0.3) is 0 Å². The van der Waals surface area contributed by atoms with Crippen molar-refractivity contribution >= 4 is 23.3 Å². The van der Waals surface area contributed by atoms with E-state index < -0.39 is 17.7 Å². The molecule has 5 heteroatoms. The van der Waals surface area contributed by atoms with Gasteiger partial charge in [-0.05, 0) is 23.8 Å². The first kappa shape index (κ1) is 14.3. The minimum Gasteiger partial charge on any atom is -0.481 e. The van der Waals surface area contributed by atoms with Crippen LogP contribution in [0.3, 0.4) is 0 Å². The highest BCUT2D eigenvalue weighted by molar-refractivity contribution is 6.30. The highest BCUT2D eigenvalue weighted by Gasteiger charge is 2.19. The molecule has 0 bridgehead atoms. The summed E-state index contributed by atoms with van der Waals surface area (Å²) < 4.78 is 13.6. The Kier molecular flexibility index (Phi) is 4.58. The van der Waals surface area contributed by atoms with Gasteiger partial charge in [0, 0.05) is 11.6 Å². The van der Waals surface area contributed by atoms with Crippen molar-refractivity contribution in [2.75, 3.05) is 11.9 Å². The third-order valence-corrected chi connectivity index (χ3v) is 3.16. The van der Waals surface area contributed by atoms with Gasteiger partial charge in [-0.15, -0.1) is 0 Å². The molecule has 0 saturated heterocycles. The van der Waals surface area contributed by atoms with Crippen molar-refractivity contribution in [1.29, 1.82) is 0 Å². The molecular weight excluding hydrogens is 281 g/mol. The monoisotopic (exact) mass is 293 g/mol. The smallest absolute Gasteiger partial charge is 0.312 e. The summed E-state index contributed by atoms with van der Waals surface area (Å²) in [6.45, 7) is 0.0800. The minimum atomic E-state index is -0.967. The molecule has 0 amide bonds. The van der Waals surface area contributed by atoms with Crippen LogP contribution in [0.25, 0.3) is 0 Å². The van der Waals surface area contributed by atoms with E-state index in [4.69, 9.17) is 11.6 Å². The van der Waals surface area contributed by atoms with E-state index in [0.29, 0.717) is 10.6 Å². The molecular formula is C15H13ClFNO2. The van der Waals surface area contributed by atoms with E-state index in [2.05, 4.69) is 5.32 Å². The van der Waals surface area contributed by atoms with Gasteiger partial charge in [0.1, 0.15) is 5.82 Å². The van der Waals surface area contributed by atoms with Crippen molar-refractivity contribution in [3.05, 3.63) is 64.9 Å². The Bertz CT molecular complexity index is 604. The van der Waals surface area contributed by atoms with Gasteiger partial charge in [-0.25, -0.2) is 4.39 Å². The molecule has 0 aliphatic rings. The molecule has 2 aromatic carbocycles. The summed E-state index contributed by atoms with van der Waals surface area (Å²) in [4.78, 5) is 11.3. The van der Waals surface area contributed by atoms with Gasteiger partial charge in [-0.1, -0.05) is 41.9 Å². The molecule has 0 aliphatic heterocycles. The van der Waals surface area contributed by atoms with Crippen LogP contribution in [0.4, 0.5) is 10.1 Å². The Morgan fingerprint density at radius 1 is 1.25 bits per heavy atom. The van der Waals surface area contributed by atoms with E-state index in [1.54, 1.807) is 24.3 Å². The number of nitrogens with one attached hydrogen (secondary N) is 1. The topological polar surface area (TPSA) is 49.3 Å². The molecule has 0 aliphatic carbocycles. The van der Waals surface area contributed by atoms with Crippen LogP contribution in [0.5, 0.6) is 0 Å². The summed E-state index contributed by atoms with van der Waals surface area (Å²) in [5, 5.41) is 12.5. The first-order chi connectivity index (χ1) is 9.58. The number of carboxylic acid groups (broad SMARTS) is 1. The zero-order valence-electron chi connectivity index (χ0n) is 10.5. The van der Waals surface area contributed by atoms with Crippen LogP contribution >= 0.6 is 11.6 Å². The Morgan fingerprint density at radius 2 is 1.95 bits per heavy atom. The van der Waals surface area contributed by atoms with E-state index in [0.717, 1.165) is 0 Å². The van der Waals surface area contributed by atoms with Crippen LogP contribution in [-0.4, -0.2) is 17.6 Å². The zero-order valence-corrected chi connectivity index (χ0v) is 11.3. The number of halogens is 2. The third-order valence-electron chi connectivity index (χ3n) is 2.93. The van der Waals surface area contributed by atoms with E-state index in [1.807, 2.05) is 6.07 Å². The number of hydrogen-bond donors (Lipinski definition) is 2. The summed E-state index contributed by atoms with van der Waals surface area (Å²) in [5.41, 5.74) is 0.856. The van der Waals surface area contributed by atoms with Crippen LogP contribution in [-0.2, 0) is 4.79 Å². The summed E-state index contributed by atoms with van der Waals surface area (Å²) in [7, 11) is 0. The maximum Gasteiger partial charge on any atom is 0.312 e. The zero-order chi connectivity index (χ0) is 14.5. The lowest BCUT2D eigenvalue weighted by Crippen LogP contribution is -2.21. The highest BCUT2D eigenvalue weighted by atomic mass is 35.5. The molecule has 20 heavy (non-hydrogen) atoms. The van der Waals surface area contributed by atoms with E-state index in [-0.39, 0.29) is 12.2 Å². The first-order valence-corrected chi connectivity index (χ1v) is 6.42. The number of carbonyl (C=O) groups is 1. The molecule has 0 saturated carbocycles. The fourth-order valence-corrected chi connectivity index (χ4v) is 2.05. The number of rotatable bonds is 5. The fraction of sp³-hybridized carbons (Fsp3) is 0.133. The average molecular weight is 294 g/mol. The van der Waals surface area contributed by atoms with Gasteiger partial charge in [-0.2, -0.15) is 0 Å². The predicted octanol–water partition coefficient (Wildman–Crippen LogP) is 3.76. The highest BCUT2D eigenvalue weighted by Crippen LogP contribution is 2.22. The molecule has 0 heterocycles. The normalized spacial score (nSPS) is 11.9.